The van der Waals surface area contributed by atoms with Crippen LogP contribution in [-0.4, -0.2) is 84.7 Å². The van der Waals surface area contributed by atoms with Crippen molar-refractivity contribution in [2.45, 2.75) is 56.8 Å². The first-order valence-electron chi connectivity index (χ1n) is 12.7. The molecular weight excluding hydrogens is 524 g/mol. The largest absolute Gasteiger partial charge is 0.481 e. The van der Waals surface area contributed by atoms with Gasteiger partial charge in [0.15, 0.2) is 5.78 Å². The summed E-state index contributed by atoms with van der Waals surface area (Å²) in [5.74, 6) is -4.55. The van der Waals surface area contributed by atoms with Crippen molar-refractivity contribution < 1.29 is 33.9 Å². The molecule has 210 valence electrons. The predicted molar refractivity (Wildman–Crippen MR) is 136 cm³/mol. The number of aromatic nitrogens is 2. The van der Waals surface area contributed by atoms with E-state index in [-0.39, 0.29) is 25.8 Å². The Kier molecular flexibility index (Phi) is 8.67. The maximum atomic E-state index is 13.6. The summed E-state index contributed by atoms with van der Waals surface area (Å²) < 4.78 is 0.975. The summed E-state index contributed by atoms with van der Waals surface area (Å²) in [5.41, 5.74) is -0.220. The minimum atomic E-state index is -1.51. The van der Waals surface area contributed by atoms with Crippen LogP contribution in [0.25, 0.3) is 0 Å². The molecule has 0 spiro atoms. The van der Waals surface area contributed by atoms with Crippen molar-refractivity contribution in [1.82, 2.24) is 30.2 Å². The van der Waals surface area contributed by atoms with Crippen LogP contribution in [0.2, 0.25) is 0 Å². The van der Waals surface area contributed by atoms with Crippen LogP contribution in [0.4, 0.5) is 0 Å². The van der Waals surface area contributed by atoms with Crippen LogP contribution in [0, 0.1) is 0 Å². The zero-order valence-electron chi connectivity index (χ0n) is 21.4. The molecule has 2 fully saturated rings. The molecule has 2 aromatic rings. The summed E-state index contributed by atoms with van der Waals surface area (Å²) in [5, 5.41) is 16.6. The quantitative estimate of drug-likeness (QED) is 0.354. The van der Waals surface area contributed by atoms with Crippen molar-refractivity contribution in [1.29, 1.82) is 0 Å². The van der Waals surface area contributed by atoms with Gasteiger partial charge >= 0.3 is 5.97 Å². The first kappa shape index (κ1) is 28.1. The molecule has 14 nitrogen and oxygen atoms in total. The van der Waals surface area contributed by atoms with Crippen LogP contribution in [0.3, 0.4) is 0 Å². The zero-order chi connectivity index (χ0) is 28.8. The van der Waals surface area contributed by atoms with Gasteiger partial charge in [-0.05, 0) is 31.4 Å². The third-order valence-electron chi connectivity index (χ3n) is 6.71. The second-order valence-corrected chi connectivity index (χ2v) is 9.46. The standard InChI is InChI=1S/C26H28N6O8/c33-20(14-30-15-27-11-10-21(30)34)18(13-23(36)37)29-25(39)19-7-4-12-31-22(35)9-8-17(26(40)32(19)31)28-24(38)16-5-2-1-3-6-16/h1-3,5-6,10-11,15,17-19H,4,7-9,12-14H2,(H,28,38)(H,29,39)(H,36,37). The molecule has 14 heteroatoms. The van der Waals surface area contributed by atoms with Crippen LogP contribution in [0.1, 0.15) is 42.5 Å². The summed E-state index contributed by atoms with van der Waals surface area (Å²) >= 11 is 0. The van der Waals surface area contributed by atoms with Crippen molar-refractivity contribution in [3.63, 3.8) is 0 Å². The number of benzene rings is 1. The van der Waals surface area contributed by atoms with Gasteiger partial charge in [-0.25, -0.2) is 9.99 Å². The molecule has 4 rings (SSSR count). The molecule has 40 heavy (non-hydrogen) atoms. The van der Waals surface area contributed by atoms with E-state index in [1.165, 1.54) is 11.2 Å². The fourth-order valence-electron chi connectivity index (χ4n) is 4.70. The minimum absolute atomic E-state index is 0.0254. The van der Waals surface area contributed by atoms with Gasteiger partial charge in [0.25, 0.3) is 17.4 Å². The Hall–Kier alpha value is -4.88. The van der Waals surface area contributed by atoms with E-state index in [9.17, 15) is 38.7 Å². The van der Waals surface area contributed by atoms with E-state index in [0.717, 1.165) is 22.0 Å². The fraction of sp³-hybridized carbons (Fsp3) is 0.385. The first-order valence-corrected chi connectivity index (χ1v) is 12.7. The highest BCUT2D eigenvalue weighted by atomic mass is 16.4. The van der Waals surface area contributed by atoms with Gasteiger partial charge in [-0.15, -0.1) is 0 Å². The number of nitrogens with zero attached hydrogens (tertiary/aromatic N) is 4. The molecule has 0 aliphatic carbocycles. The topological polar surface area (TPSA) is 188 Å². The Morgan fingerprint density at radius 2 is 1.80 bits per heavy atom. The maximum Gasteiger partial charge on any atom is 0.305 e. The molecule has 3 unspecified atom stereocenters. The van der Waals surface area contributed by atoms with E-state index in [1.807, 2.05) is 0 Å². The van der Waals surface area contributed by atoms with Crippen LogP contribution in [-0.2, 0) is 30.5 Å². The highest BCUT2D eigenvalue weighted by molar-refractivity contribution is 6.00. The summed E-state index contributed by atoms with van der Waals surface area (Å²) in [6, 6.07) is 5.50. The molecular formula is C26H28N6O8. The highest BCUT2D eigenvalue weighted by Crippen LogP contribution is 2.25. The molecule has 3 atom stereocenters. The SMILES string of the molecule is O=C(O)CC(NC(=O)C1CCCN2C(=O)CCC(NC(=O)c3ccccc3)C(=O)N12)C(=O)Cn1cnccc1=O. The number of hydrazine groups is 1. The number of carboxylic acid groups (broad SMARTS) is 1. The predicted octanol–water partition coefficient (Wildman–Crippen LogP) is -0.901. The van der Waals surface area contributed by atoms with Crippen LogP contribution >= 0.6 is 0 Å². The molecule has 0 saturated carbocycles. The minimum Gasteiger partial charge on any atom is -0.481 e. The average molecular weight is 553 g/mol. The number of amides is 4. The third kappa shape index (κ3) is 6.39. The van der Waals surface area contributed by atoms with Crippen LogP contribution < -0.4 is 16.2 Å². The number of nitrogens with one attached hydrogen (secondary N) is 2. The monoisotopic (exact) mass is 552 g/mol. The van der Waals surface area contributed by atoms with E-state index >= 15 is 0 Å². The molecule has 0 bridgehead atoms. The number of carbonyl (C=O) groups excluding carboxylic acids is 5. The number of Topliss-reactive ketones (excluding diaryl/α,β-unsaturated/α-hetero) is 1. The molecule has 3 heterocycles. The second kappa shape index (κ2) is 12.3. The van der Waals surface area contributed by atoms with Gasteiger partial charge in [-0.3, -0.25) is 43.1 Å². The molecule has 2 aliphatic heterocycles. The normalized spacial score (nSPS) is 19.7. The van der Waals surface area contributed by atoms with Gasteiger partial charge in [0.05, 0.1) is 25.3 Å². The van der Waals surface area contributed by atoms with E-state index in [0.29, 0.717) is 12.0 Å². The van der Waals surface area contributed by atoms with Gasteiger partial charge in [0, 0.05) is 30.8 Å². The molecule has 4 amide bonds. The van der Waals surface area contributed by atoms with Crippen LogP contribution in [0.15, 0.2) is 53.7 Å². The van der Waals surface area contributed by atoms with E-state index < -0.39 is 72.0 Å². The average Bonchev–Trinajstić information content (AvgIpc) is 3.06. The Morgan fingerprint density at radius 1 is 1.05 bits per heavy atom. The van der Waals surface area contributed by atoms with Crippen molar-refractivity contribution >= 4 is 35.4 Å². The number of aliphatic carboxylic acids is 1. The molecule has 3 N–H and O–H groups in total. The summed E-state index contributed by atoms with van der Waals surface area (Å²) in [6.45, 7) is -0.356. The molecule has 2 saturated heterocycles. The van der Waals surface area contributed by atoms with Crippen molar-refractivity contribution in [2.24, 2.45) is 0 Å². The molecule has 1 aromatic heterocycles. The number of rotatable bonds is 9. The van der Waals surface area contributed by atoms with Crippen LogP contribution in [0.5, 0.6) is 0 Å². The highest BCUT2D eigenvalue weighted by Gasteiger charge is 2.45. The lowest BCUT2D eigenvalue weighted by Crippen LogP contribution is -2.64. The first-order chi connectivity index (χ1) is 19.2. The van der Waals surface area contributed by atoms with E-state index in [2.05, 4.69) is 15.6 Å². The summed E-state index contributed by atoms with van der Waals surface area (Å²) in [4.78, 5) is 92.8. The lowest BCUT2D eigenvalue weighted by molar-refractivity contribution is -0.176. The Labute approximate surface area is 227 Å². The Bertz CT molecular complexity index is 1380. The van der Waals surface area contributed by atoms with E-state index in [4.69, 9.17) is 0 Å². The number of carboxylic acids is 1. The number of hydrogen-bond acceptors (Lipinski definition) is 8. The zero-order valence-corrected chi connectivity index (χ0v) is 21.4. The number of hydrogen-bond donors (Lipinski definition) is 3. The molecule has 2 aliphatic rings. The Morgan fingerprint density at radius 3 is 2.50 bits per heavy atom. The van der Waals surface area contributed by atoms with E-state index in [1.54, 1.807) is 30.3 Å². The third-order valence-corrected chi connectivity index (χ3v) is 6.71. The lowest BCUT2D eigenvalue weighted by Gasteiger charge is -2.43. The van der Waals surface area contributed by atoms with Gasteiger partial charge in [0.2, 0.25) is 11.8 Å². The van der Waals surface area contributed by atoms with Crippen molar-refractivity contribution in [3.05, 3.63) is 64.8 Å². The van der Waals surface area contributed by atoms with Crippen molar-refractivity contribution in [3.8, 4) is 0 Å². The van der Waals surface area contributed by atoms with Gasteiger partial charge in [0.1, 0.15) is 12.1 Å². The number of fused-ring (bicyclic) bond motifs is 1. The molecule has 1 aromatic carbocycles. The van der Waals surface area contributed by atoms with Gasteiger partial charge < -0.3 is 15.7 Å². The van der Waals surface area contributed by atoms with Crippen molar-refractivity contribution in [2.75, 3.05) is 6.54 Å². The summed E-state index contributed by atoms with van der Waals surface area (Å²) in [7, 11) is 0. The van der Waals surface area contributed by atoms with Gasteiger partial charge in [-0.1, -0.05) is 18.2 Å². The maximum absolute atomic E-state index is 13.6. The second-order valence-electron chi connectivity index (χ2n) is 9.46. The van der Waals surface area contributed by atoms with Gasteiger partial charge in [-0.2, -0.15) is 0 Å². The summed E-state index contributed by atoms with van der Waals surface area (Å²) in [6.07, 6.45) is 2.08. The lowest BCUT2D eigenvalue weighted by atomic mass is 10.0. The number of ketones is 1. The fourth-order valence-corrected chi connectivity index (χ4v) is 4.70. The smallest absolute Gasteiger partial charge is 0.305 e. The number of carbonyl (C=O) groups is 6. The molecule has 0 radical (unpaired) electrons. The Balaban J connectivity index is 1.54.